The number of carbonyl (C=O) groups excluding carboxylic acids is 1. The van der Waals surface area contributed by atoms with E-state index in [0.717, 1.165) is 16.9 Å². The van der Waals surface area contributed by atoms with Crippen LogP contribution >= 0.6 is 11.3 Å². The smallest absolute Gasteiger partial charge is 0.271 e. The van der Waals surface area contributed by atoms with Gasteiger partial charge in [0.05, 0.1) is 12.7 Å². The van der Waals surface area contributed by atoms with Crippen molar-refractivity contribution in [2.45, 2.75) is 30.1 Å². The molecule has 0 saturated carbocycles. The lowest BCUT2D eigenvalue weighted by atomic mass is 10.1. The third kappa shape index (κ3) is 5.41. The molecule has 27 heavy (non-hydrogen) atoms. The molecule has 0 saturated heterocycles. The Bertz CT molecular complexity index is 966. The highest BCUT2D eigenvalue weighted by Gasteiger charge is 2.15. The molecule has 0 spiro atoms. The molecule has 0 radical (unpaired) electrons. The second-order valence-electron chi connectivity index (χ2n) is 6.14. The maximum Gasteiger partial charge on any atom is 0.271 e. The Labute approximate surface area is 162 Å². The van der Waals surface area contributed by atoms with E-state index in [9.17, 15) is 13.2 Å². The first-order valence-corrected chi connectivity index (χ1v) is 10.7. The fourth-order valence-corrected chi connectivity index (χ4v) is 4.63. The van der Waals surface area contributed by atoms with Gasteiger partial charge in [-0.05, 0) is 36.1 Å². The predicted molar refractivity (Wildman–Crippen MR) is 105 cm³/mol. The average molecular weight is 405 g/mol. The van der Waals surface area contributed by atoms with Crippen LogP contribution in [-0.2, 0) is 27.8 Å². The van der Waals surface area contributed by atoms with Crippen LogP contribution in [0.3, 0.4) is 0 Å². The molecule has 7 nitrogen and oxygen atoms in total. The lowest BCUT2D eigenvalue weighted by Crippen LogP contribution is -2.36. The van der Waals surface area contributed by atoms with E-state index in [1.807, 2.05) is 17.7 Å². The number of amides is 1. The Morgan fingerprint density at radius 1 is 1.26 bits per heavy atom. The van der Waals surface area contributed by atoms with Crippen LogP contribution in [0.5, 0.6) is 0 Å². The van der Waals surface area contributed by atoms with Crippen molar-refractivity contribution in [3.05, 3.63) is 66.1 Å². The Kier molecular flexibility index (Phi) is 5.92. The summed E-state index contributed by atoms with van der Waals surface area (Å²) in [5.74, 6) is -0.0884. The van der Waals surface area contributed by atoms with Crippen LogP contribution in [0.2, 0.25) is 0 Å². The second kappa shape index (κ2) is 8.36. The number of nitrogens with one attached hydrogen (secondary N) is 2. The first-order chi connectivity index (χ1) is 12.9. The Balaban J connectivity index is 1.53. The van der Waals surface area contributed by atoms with E-state index < -0.39 is 10.0 Å². The zero-order valence-corrected chi connectivity index (χ0v) is 16.3. The summed E-state index contributed by atoms with van der Waals surface area (Å²) >= 11 is 1.16. The van der Waals surface area contributed by atoms with E-state index in [-0.39, 0.29) is 22.6 Å². The standard InChI is InChI=1S/C18H20N4O3S2/c1-14(12-22-9-8-19-13-22)20-17(23)11-15-4-6-16(7-5-15)21-27(24,25)18-3-2-10-26-18/h2-10,13-14,21H,11-12H2,1H3,(H,20,23)/t14-/m1/s1. The number of hydrogen-bond donors (Lipinski definition) is 2. The summed E-state index contributed by atoms with van der Waals surface area (Å²) in [7, 11) is -3.56. The molecular weight excluding hydrogens is 384 g/mol. The molecule has 0 aliphatic carbocycles. The normalized spacial score (nSPS) is 12.5. The van der Waals surface area contributed by atoms with Gasteiger partial charge in [-0.2, -0.15) is 0 Å². The molecular formula is C18H20N4O3S2. The van der Waals surface area contributed by atoms with Gasteiger partial charge >= 0.3 is 0 Å². The summed E-state index contributed by atoms with van der Waals surface area (Å²) in [5, 5.41) is 4.65. The fourth-order valence-electron chi connectivity index (χ4n) is 2.58. The van der Waals surface area contributed by atoms with Gasteiger partial charge in [-0.25, -0.2) is 13.4 Å². The van der Waals surface area contributed by atoms with Crippen LogP contribution in [0.1, 0.15) is 12.5 Å². The van der Waals surface area contributed by atoms with Crippen molar-refractivity contribution in [2.75, 3.05) is 4.72 Å². The minimum atomic E-state index is -3.56. The third-order valence-electron chi connectivity index (χ3n) is 3.78. The maximum absolute atomic E-state index is 12.2. The molecule has 142 valence electrons. The molecule has 0 aliphatic heterocycles. The zero-order chi connectivity index (χ0) is 19.3. The molecule has 0 fully saturated rings. The molecule has 1 amide bonds. The molecule has 2 aromatic heterocycles. The van der Waals surface area contributed by atoms with Gasteiger partial charge in [0.25, 0.3) is 10.0 Å². The summed E-state index contributed by atoms with van der Waals surface area (Å²) in [6.45, 7) is 2.58. The Morgan fingerprint density at radius 3 is 2.67 bits per heavy atom. The molecule has 0 aliphatic rings. The molecule has 9 heteroatoms. The molecule has 3 aromatic rings. The van der Waals surface area contributed by atoms with Crippen LogP contribution in [-0.4, -0.2) is 29.9 Å². The summed E-state index contributed by atoms with van der Waals surface area (Å²) in [6, 6.07) is 10.0. The number of carbonyl (C=O) groups is 1. The summed E-state index contributed by atoms with van der Waals surface area (Å²) < 4.78 is 29.1. The average Bonchev–Trinajstić information content (AvgIpc) is 3.30. The number of benzene rings is 1. The summed E-state index contributed by atoms with van der Waals surface area (Å²) in [4.78, 5) is 16.1. The van der Waals surface area contributed by atoms with Gasteiger partial charge in [-0.15, -0.1) is 11.3 Å². The lowest BCUT2D eigenvalue weighted by molar-refractivity contribution is -0.121. The predicted octanol–water partition coefficient (Wildman–Crippen LogP) is 2.49. The number of thiophene rings is 1. The first kappa shape index (κ1) is 19.1. The highest BCUT2D eigenvalue weighted by atomic mass is 32.2. The van der Waals surface area contributed by atoms with Gasteiger partial charge in [-0.3, -0.25) is 9.52 Å². The minimum Gasteiger partial charge on any atom is -0.352 e. The number of aromatic nitrogens is 2. The summed E-state index contributed by atoms with van der Waals surface area (Å²) in [6.07, 6.45) is 5.48. The van der Waals surface area contributed by atoms with Crippen molar-refractivity contribution in [3.8, 4) is 0 Å². The highest BCUT2D eigenvalue weighted by Crippen LogP contribution is 2.20. The maximum atomic E-state index is 12.2. The highest BCUT2D eigenvalue weighted by molar-refractivity contribution is 7.94. The quantitative estimate of drug-likeness (QED) is 0.603. The van der Waals surface area contributed by atoms with E-state index >= 15 is 0 Å². The monoisotopic (exact) mass is 404 g/mol. The molecule has 0 bridgehead atoms. The molecule has 2 heterocycles. The topological polar surface area (TPSA) is 93.1 Å². The van der Waals surface area contributed by atoms with E-state index in [2.05, 4.69) is 15.0 Å². The zero-order valence-electron chi connectivity index (χ0n) is 14.7. The van der Waals surface area contributed by atoms with Crippen LogP contribution in [0.25, 0.3) is 0 Å². The van der Waals surface area contributed by atoms with Crippen molar-refractivity contribution < 1.29 is 13.2 Å². The van der Waals surface area contributed by atoms with Crippen LogP contribution in [0.4, 0.5) is 5.69 Å². The number of anilines is 1. The van der Waals surface area contributed by atoms with Crippen molar-refractivity contribution in [3.63, 3.8) is 0 Å². The minimum absolute atomic E-state index is 0.0245. The van der Waals surface area contributed by atoms with Gasteiger partial charge in [0.15, 0.2) is 0 Å². The molecule has 2 N–H and O–H groups in total. The second-order valence-corrected chi connectivity index (χ2v) is 9.00. The van der Waals surface area contributed by atoms with E-state index in [4.69, 9.17) is 0 Å². The van der Waals surface area contributed by atoms with Crippen LogP contribution < -0.4 is 10.0 Å². The van der Waals surface area contributed by atoms with Crippen molar-refractivity contribution in [1.29, 1.82) is 0 Å². The molecule has 0 unspecified atom stereocenters. The van der Waals surface area contributed by atoms with Crippen LogP contribution in [0, 0.1) is 0 Å². The van der Waals surface area contributed by atoms with Gasteiger partial charge in [-0.1, -0.05) is 18.2 Å². The largest absolute Gasteiger partial charge is 0.352 e. The van der Waals surface area contributed by atoms with Gasteiger partial charge in [0, 0.05) is 30.7 Å². The number of rotatable bonds is 8. The molecule has 1 atom stereocenters. The Morgan fingerprint density at radius 2 is 2.04 bits per heavy atom. The van der Waals surface area contributed by atoms with E-state index in [1.54, 1.807) is 54.3 Å². The Hall–Kier alpha value is -2.65. The van der Waals surface area contributed by atoms with Crippen LogP contribution in [0.15, 0.2) is 64.7 Å². The number of sulfonamides is 1. The van der Waals surface area contributed by atoms with E-state index in [1.165, 1.54) is 0 Å². The SMILES string of the molecule is C[C@H](Cn1ccnc1)NC(=O)Cc1ccc(NS(=O)(=O)c2cccs2)cc1. The molecule has 1 aromatic carbocycles. The van der Waals surface area contributed by atoms with E-state index in [0.29, 0.717) is 12.2 Å². The summed E-state index contributed by atoms with van der Waals surface area (Å²) in [5.41, 5.74) is 1.27. The third-order valence-corrected chi connectivity index (χ3v) is 6.56. The van der Waals surface area contributed by atoms with Gasteiger partial charge < -0.3 is 9.88 Å². The fraction of sp³-hybridized carbons (Fsp3) is 0.222. The lowest BCUT2D eigenvalue weighted by Gasteiger charge is -2.14. The number of hydrogen-bond acceptors (Lipinski definition) is 5. The number of imidazole rings is 1. The van der Waals surface area contributed by atoms with Gasteiger partial charge in [0.1, 0.15) is 4.21 Å². The van der Waals surface area contributed by atoms with Crippen molar-refractivity contribution in [2.24, 2.45) is 0 Å². The molecule has 3 rings (SSSR count). The first-order valence-electron chi connectivity index (χ1n) is 8.33. The van der Waals surface area contributed by atoms with Crippen molar-refractivity contribution in [1.82, 2.24) is 14.9 Å². The van der Waals surface area contributed by atoms with Gasteiger partial charge in [0.2, 0.25) is 5.91 Å². The number of nitrogens with zero attached hydrogens (tertiary/aromatic N) is 2. The van der Waals surface area contributed by atoms with Crippen molar-refractivity contribution >= 4 is 33.0 Å².